The molecule has 1 fully saturated rings. The summed E-state index contributed by atoms with van der Waals surface area (Å²) in [5.74, 6) is 0.420. The number of carbonyl (C=O) groups excluding carboxylic acids is 1. The molecule has 1 aromatic rings. The fourth-order valence-corrected chi connectivity index (χ4v) is 2.63. The van der Waals surface area contributed by atoms with Crippen LogP contribution < -0.4 is 5.32 Å². The molecular weight excluding hydrogens is 226 g/mol. The maximum atomic E-state index is 12.0. The van der Waals surface area contributed by atoms with Gasteiger partial charge in [0.25, 0.3) is 5.91 Å². The van der Waals surface area contributed by atoms with Crippen LogP contribution >= 0.6 is 0 Å². The molecule has 2 unspecified atom stereocenters. The van der Waals surface area contributed by atoms with E-state index in [2.05, 4.69) is 5.32 Å². The predicted octanol–water partition coefficient (Wildman–Crippen LogP) is 2.19. The van der Waals surface area contributed by atoms with Crippen molar-refractivity contribution in [2.45, 2.75) is 39.2 Å². The number of nitrogens with one attached hydrogen (secondary N) is 1. The van der Waals surface area contributed by atoms with E-state index in [1.807, 2.05) is 32.0 Å². The van der Waals surface area contributed by atoms with E-state index in [1.165, 1.54) is 5.56 Å². The van der Waals surface area contributed by atoms with Crippen molar-refractivity contribution in [1.82, 2.24) is 5.32 Å². The molecule has 1 aliphatic carbocycles. The SMILES string of the molecule is Cc1ccc(C(=O)NCC2CCC(O)C2)c(C)c1. The molecule has 1 aliphatic rings. The van der Waals surface area contributed by atoms with E-state index < -0.39 is 0 Å². The van der Waals surface area contributed by atoms with Crippen molar-refractivity contribution in [2.75, 3.05) is 6.54 Å². The zero-order chi connectivity index (χ0) is 13.1. The summed E-state index contributed by atoms with van der Waals surface area (Å²) in [7, 11) is 0. The van der Waals surface area contributed by atoms with Crippen LogP contribution in [-0.2, 0) is 0 Å². The molecule has 1 amide bonds. The quantitative estimate of drug-likeness (QED) is 0.860. The minimum Gasteiger partial charge on any atom is -0.393 e. The molecule has 0 bridgehead atoms. The molecule has 2 atom stereocenters. The highest BCUT2D eigenvalue weighted by molar-refractivity contribution is 5.95. The van der Waals surface area contributed by atoms with Crippen LogP contribution in [0.4, 0.5) is 0 Å². The highest BCUT2D eigenvalue weighted by Gasteiger charge is 2.23. The fraction of sp³-hybridized carbons (Fsp3) is 0.533. The van der Waals surface area contributed by atoms with Crippen LogP contribution in [0.2, 0.25) is 0 Å². The first-order valence-corrected chi connectivity index (χ1v) is 6.60. The Morgan fingerprint density at radius 3 is 2.78 bits per heavy atom. The van der Waals surface area contributed by atoms with Gasteiger partial charge in [-0.1, -0.05) is 17.7 Å². The Balaban J connectivity index is 1.91. The van der Waals surface area contributed by atoms with Crippen LogP contribution in [0.15, 0.2) is 18.2 Å². The number of rotatable bonds is 3. The smallest absolute Gasteiger partial charge is 0.251 e. The van der Waals surface area contributed by atoms with Crippen molar-refractivity contribution >= 4 is 5.91 Å². The van der Waals surface area contributed by atoms with E-state index >= 15 is 0 Å². The van der Waals surface area contributed by atoms with Crippen molar-refractivity contribution in [2.24, 2.45) is 5.92 Å². The lowest BCUT2D eigenvalue weighted by Crippen LogP contribution is -2.29. The Morgan fingerprint density at radius 1 is 1.39 bits per heavy atom. The van der Waals surface area contributed by atoms with Gasteiger partial charge in [0.05, 0.1) is 6.10 Å². The second-order valence-electron chi connectivity index (χ2n) is 5.36. The average Bonchev–Trinajstić information content (AvgIpc) is 2.72. The summed E-state index contributed by atoms with van der Waals surface area (Å²) in [4.78, 5) is 12.0. The van der Waals surface area contributed by atoms with Crippen LogP contribution in [0, 0.1) is 19.8 Å². The zero-order valence-corrected chi connectivity index (χ0v) is 11.1. The largest absolute Gasteiger partial charge is 0.393 e. The molecule has 3 nitrogen and oxygen atoms in total. The van der Waals surface area contributed by atoms with Gasteiger partial charge >= 0.3 is 0 Å². The lowest BCUT2D eigenvalue weighted by atomic mass is 10.0. The molecule has 0 aliphatic heterocycles. The van der Waals surface area contributed by atoms with Gasteiger partial charge in [-0.15, -0.1) is 0 Å². The number of amides is 1. The van der Waals surface area contributed by atoms with Crippen LogP contribution in [0.5, 0.6) is 0 Å². The molecule has 2 N–H and O–H groups in total. The Kier molecular flexibility index (Phi) is 4.02. The second-order valence-corrected chi connectivity index (χ2v) is 5.36. The average molecular weight is 247 g/mol. The molecule has 3 heteroatoms. The van der Waals surface area contributed by atoms with Gasteiger partial charge in [-0.2, -0.15) is 0 Å². The molecular formula is C15H21NO2. The number of carbonyl (C=O) groups is 1. The van der Waals surface area contributed by atoms with E-state index in [0.29, 0.717) is 12.5 Å². The van der Waals surface area contributed by atoms with Crippen LogP contribution in [-0.4, -0.2) is 23.7 Å². The summed E-state index contributed by atoms with van der Waals surface area (Å²) < 4.78 is 0. The summed E-state index contributed by atoms with van der Waals surface area (Å²) in [6, 6.07) is 5.86. The molecule has 98 valence electrons. The van der Waals surface area contributed by atoms with Gasteiger partial charge in [-0.3, -0.25) is 4.79 Å². The molecule has 18 heavy (non-hydrogen) atoms. The molecule has 1 aromatic carbocycles. The second kappa shape index (κ2) is 5.53. The normalized spacial score (nSPS) is 23.1. The van der Waals surface area contributed by atoms with E-state index in [1.54, 1.807) is 0 Å². The summed E-state index contributed by atoms with van der Waals surface area (Å²) >= 11 is 0. The van der Waals surface area contributed by atoms with Gasteiger partial charge in [0.15, 0.2) is 0 Å². The van der Waals surface area contributed by atoms with E-state index in [9.17, 15) is 9.90 Å². The number of benzene rings is 1. The van der Waals surface area contributed by atoms with Gasteiger partial charge in [0.1, 0.15) is 0 Å². The van der Waals surface area contributed by atoms with Crippen molar-refractivity contribution in [1.29, 1.82) is 0 Å². The molecule has 0 heterocycles. The van der Waals surface area contributed by atoms with Gasteiger partial charge in [0.2, 0.25) is 0 Å². The first-order valence-electron chi connectivity index (χ1n) is 6.60. The molecule has 0 aromatic heterocycles. The van der Waals surface area contributed by atoms with E-state index in [-0.39, 0.29) is 12.0 Å². The topological polar surface area (TPSA) is 49.3 Å². The minimum absolute atomic E-state index is 0.00566. The standard InChI is InChI=1S/C15H21NO2/c1-10-3-6-14(11(2)7-10)15(18)16-9-12-4-5-13(17)8-12/h3,6-7,12-13,17H,4-5,8-9H2,1-2H3,(H,16,18). The molecule has 1 saturated carbocycles. The van der Waals surface area contributed by atoms with Crippen LogP contribution in [0.3, 0.4) is 0 Å². The predicted molar refractivity (Wildman–Crippen MR) is 71.6 cm³/mol. The monoisotopic (exact) mass is 247 g/mol. The number of aliphatic hydroxyl groups excluding tert-OH is 1. The summed E-state index contributed by atoms with van der Waals surface area (Å²) in [6.07, 6.45) is 2.51. The Bertz CT molecular complexity index is 442. The maximum absolute atomic E-state index is 12.0. The highest BCUT2D eigenvalue weighted by atomic mass is 16.3. The third kappa shape index (κ3) is 3.10. The van der Waals surface area contributed by atoms with Crippen molar-refractivity contribution < 1.29 is 9.90 Å². The van der Waals surface area contributed by atoms with E-state index in [0.717, 1.165) is 30.4 Å². The van der Waals surface area contributed by atoms with Crippen LogP contribution in [0.1, 0.15) is 40.7 Å². The van der Waals surface area contributed by atoms with Gasteiger partial charge < -0.3 is 10.4 Å². The molecule has 2 rings (SSSR count). The Hall–Kier alpha value is -1.35. The van der Waals surface area contributed by atoms with Crippen molar-refractivity contribution in [3.05, 3.63) is 34.9 Å². The van der Waals surface area contributed by atoms with Gasteiger partial charge in [-0.25, -0.2) is 0 Å². The van der Waals surface area contributed by atoms with Gasteiger partial charge in [-0.05, 0) is 50.7 Å². The zero-order valence-electron chi connectivity index (χ0n) is 11.1. The number of aliphatic hydroxyl groups is 1. The van der Waals surface area contributed by atoms with Crippen molar-refractivity contribution in [3.63, 3.8) is 0 Å². The summed E-state index contributed by atoms with van der Waals surface area (Å²) in [6.45, 7) is 4.65. The Labute approximate surface area is 108 Å². The molecule has 0 spiro atoms. The molecule has 0 radical (unpaired) electrons. The molecule has 0 saturated heterocycles. The third-order valence-electron chi connectivity index (χ3n) is 3.69. The maximum Gasteiger partial charge on any atom is 0.251 e. The summed E-state index contributed by atoms with van der Waals surface area (Å²) in [5.41, 5.74) is 2.93. The Morgan fingerprint density at radius 2 is 2.17 bits per heavy atom. The van der Waals surface area contributed by atoms with Crippen LogP contribution in [0.25, 0.3) is 0 Å². The fourth-order valence-electron chi connectivity index (χ4n) is 2.63. The number of hydrogen-bond acceptors (Lipinski definition) is 2. The highest BCUT2D eigenvalue weighted by Crippen LogP contribution is 2.24. The summed E-state index contributed by atoms with van der Waals surface area (Å²) in [5, 5.41) is 12.4. The number of hydrogen-bond donors (Lipinski definition) is 2. The van der Waals surface area contributed by atoms with Gasteiger partial charge in [0, 0.05) is 12.1 Å². The minimum atomic E-state index is -0.173. The van der Waals surface area contributed by atoms with E-state index in [4.69, 9.17) is 0 Å². The lowest BCUT2D eigenvalue weighted by molar-refractivity contribution is 0.0944. The van der Waals surface area contributed by atoms with Crippen molar-refractivity contribution in [3.8, 4) is 0 Å². The third-order valence-corrected chi connectivity index (χ3v) is 3.69. The number of aryl methyl sites for hydroxylation is 2. The lowest BCUT2D eigenvalue weighted by Gasteiger charge is -2.12. The first-order chi connectivity index (χ1) is 8.56. The first kappa shape index (κ1) is 13.1.